The molecule has 33 heavy (non-hydrogen) atoms. The number of hydrogen-bond acceptors (Lipinski definition) is 8. The van der Waals surface area contributed by atoms with Gasteiger partial charge in [-0.05, 0) is 12.8 Å². The number of primary amides is 1. The molecule has 0 saturated heterocycles. The molecule has 0 fully saturated rings. The number of hydrogen-bond donors (Lipinski definition) is 8. The van der Waals surface area contributed by atoms with E-state index in [1.54, 1.807) is 0 Å². The summed E-state index contributed by atoms with van der Waals surface area (Å²) in [4.78, 5) is 76.1. The average molecular weight is 469 g/mol. The molecule has 1 aromatic rings. The van der Waals surface area contributed by atoms with E-state index in [-0.39, 0.29) is 25.7 Å². The van der Waals surface area contributed by atoms with Crippen molar-refractivity contribution in [2.24, 2.45) is 11.5 Å². The van der Waals surface area contributed by atoms with Crippen molar-refractivity contribution in [1.82, 2.24) is 25.9 Å². The summed E-state index contributed by atoms with van der Waals surface area (Å²) in [6.45, 7) is -0.626. The molecule has 0 aliphatic rings. The van der Waals surface area contributed by atoms with E-state index in [2.05, 4.69) is 25.9 Å². The highest BCUT2D eigenvalue weighted by Gasteiger charge is 2.26. The lowest BCUT2D eigenvalue weighted by molar-refractivity contribution is -0.143. The lowest BCUT2D eigenvalue weighted by Gasteiger charge is -2.20. The summed E-state index contributed by atoms with van der Waals surface area (Å²) in [5.74, 6) is -5.65. The van der Waals surface area contributed by atoms with Crippen LogP contribution in [0.15, 0.2) is 12.5 Å². The van der Waals surface area contributed by atoms with Crippen molar-refractivity contribution < 1.29 is 39.0 Å². The molecule has 0 bridgehead atoms. The molecule has 0 aliphatic heterocycles. The Morgan fingerprint density at radius 3 is 2.24 bits per heavy atom. The van der Waals surface area contributed by atoms with Crippen LogP contribution in [0, 0.1) is 0 Å². The van der Waals surface area contributed by atoms with E-state index in [9.17, 15) is 28.8 Å². The van der Waals surface area contributed by atoms with Gasteiger partial charge in [-0.1, -0.05) is 0 Å². The van der Waals surface area contributed by atoms with Crippen LogP contribution in [0.1, 0.15) is 31.4 Å². The molecular formula is C18H27N7O8. The zero-order valence-electron chi connectivity index (χ0n) is 17.6. The van der Waals surface area contributed by atoms with Gasteiger partial charge in [0, 0.05) is 31.2 Å². The van der Waals surface area contributed by atoms with Gasteiger partial charge in [0.25, 0.3) is 0 Å². The lowest BCUT2D eigenvalue weighted by Crippen LogP contribution is -2.54. The molecule has 0 radical (unpaired) electrons. The summed E-state index contributed by atoms with van der Waals surface area (Å²) in [6.07, 6.45) is 1.78. The molecule has 15 heteroatoms. The average Bonchev–Trinajstić information content (AvgIpc) is 3.25. The van der Waals surface area contributed by atoms with Gasteiger partial charge in [0.15, 0.2) is 0 Å². The van der Waals surface area contributed by atoms with Gasteiger partial charge in [-0.15, -0.1) is 0 Å². The molecule has 1 heterocycles. The first kappa shape index (κ1) is 27.0. The number of aromatic amines is 1. The molecule has 0 spiro atoms. The predicted octanol–water partition coefficient (Wildman–Crippen LogP) is -3.42. The van der Waals surface area contributed by atoms with Crippen LogP contribution >= 0.6 is 0 Å². The van der Waals surface area contributed by atoms with Gasteiger partial charge < -0.3 is 42.6 Å². The zero-order chi connectivity index (χ0) is 25.0. The van der Waals surface area contributed by atoms with Crippen molar-refractivity contribution in [3.63, 3.8) is 0 Å². The topological polar surface area (TPSA) is 260 Å². The van der Waals surface area contributed by atoms with Gasteiger partial charge in [0.1, 0.15) is 12.1 Å². The molecule has 3 atom stereocenters. The fourth-order valence-electron chi connectivity index (χ4n) is 2.59. The second-order valence-electron chi connectivity index (χ2n) is 7.06. The quantitative estimate of drug-likeness (QED) is 0.126. The molecule has 1 rings (SSSR count). The maximum atomic E-state index is 12.6. The molecule has 0 saturated carbocycles. The highest BCUT2D eigenvalue weighted by Crippen LogP contribution is 2.02. The van der Waals surface area contributed by atoms with Gasteiger partial charge >= 0.3 is 11.9 Å². The van der Waals surface area contributed by atoms with E-state index in [0.29, 0.717) is 5.69 Å². The Labute approximate surface area is 187 Å². The van der Waals surface area contributed by atoms with Crippen molar-refractivity contribution in [2.75, 3.05) is 6.54 Å². The first-order chi connectivity index (χ1) is 15.5. The predicted molar refractivity (Wildman–Crippen MR) is 110 cm³/mol. The van der Waals surface area contributed by atoms with Crippen LogP contribution in [0.25, 0.3) is 0 Å². The second-order valence-corrected chi connectivity index (χ2v) is 7.06. The number of carbonyl (C=O) groups excluding carboxylic acids is 4. The van der Waals surface area contributed by atoms with Crippen LogP contribution in [0.2, 0.25) is 0 Å². The maximum absolute atomic E-state index is 12.6. The summed E-state index contributed by atoms with van der Waals surface area (Å²) in [5, 5.41) is 24.6. The first-order valence-corrected chi connectivity index (χ1v) is 9.82. The highest BCUT2D eigenvalue weighted by molar-refractivity contribution is 5.93. The van der Waals surface area contributed by atoms with Crippen molar-refractivity contribution in [1.29, 1.82) is 0 Å². The SMILES string of the molecule is NC(=O)CCC(N)C(=O)NC(Cc1cnc[nH]1)C(=O)NCC(=O)NC(CCC(=O)O)C(=O)O. The molecule has 10 N–H and O–H groups in total. The van der Waals surface area contributed by atoms with E-state index in [0.717, 1.165) is 0 Å². The number of carbonyl (C=O) groups is 6. The first-order valence-electron chi connectivity index (χ1n) is 9.82. The Morgan fingerprint density at radius 1 is 1.00 bits per heavy atom. The van der Waals surface area contributed by atoms with Crippen molar-refractivity contribution in [2.45, 2.75) is 50.2 Å². The largest absolute Gasteiger partial charge is 0.481 e. The van der Waals surface area contributed by atoms with Crippen LogP contribution in [0.4, 0.5) is 0 Å². The van der Waals surface area contributed by atoms with Gasteiger partial charge in [-0.25, -0.2) is 9.78 Å². The summed E-state index contributed by atoms with van der Waals surface area (Å²) in [6, 6.07) is -3.73. The summed E-state index contributed by atoms with van der Waals surface area (Å²) < 4.78 is 0. The Balaban J connectivity index is 2.71. The third-order valence-electron chi connectivity index (χ3n) is 4.35. The Hall–Kier alpha value is -4.01. The third kappa shape index (κ3) is 10.7. The normalized spacial score (nSPS) is 13.2. The molecule has 15 nitrogen and oxygen atoms in total. The summed E-state index contributed by atoms with van der Waals surface area (Å²) >= 11 is 0. The van der Waals surface area contributed by atoms with E-state index >= 15 is 0 Å². The van der Waals surface area contributed by atoms with Gasteiger partial charge in [0.2, 0.25) is 23.6 Å². The molecule has 0 aliphatic carbocycles. The zero-order valence-corrected chi connectivity index (χ0v) is 17.6. The number of imidazole rings is 1. The van der Waals surface area contributed by atoms with E-state index in [4.69, 9.17) is 21.7 Å². The fraction of sp³-hybridized carbons (Fsp3) is 0.500. The highest BCUT2D eigenvalue weighted by atomic mass is 16.4. The number of aromatic nitrogens is 2. The standard InChI is InChI=1S/C18H27N7O8/c19-10(1-3-13(20)26)16(30)25-12(5-9-6-21-8-23-9)17(31)22-7-14(27)24-11(18(32)33)2-4-15(28)29/h6,8,10-12H,1-5,7,19H2,(H2,20,26)(H,21,23)(H,22,31)(H,24,27)(H,25,30)(H,28,29)(H,32,33). The van der Waals surface area contributed by atoms with E-state index in [1.807, 2.05) is 0 Å². The van der Waals surface area contributed by atoms with E-state index in [1.165, 1.54) is 12.5 Å². The second kappa shape index (κ2) is 13.4. The van der Waals surface area contributed by atoms with Crippen LogP contribution in [0.5, 0.6) is 0 Å². The third-order valence-corrected chi connectivity index (χ3v) is 4.35. The number of carboxylic acids is 2. The molecule has 3 unspecified atom stereocenters. The summed E-state index contributed by atoms with van der Waals surface area (Å²) in [7, 11) is 0. The molecule has 1 aromatic heterocycles. The number of carboxylic acid groups (broad SMARTS) is 2. The monoisotopic (exact) mass is 469 g/mol. The minimum absolute atomic E-state index is 0.0297. The minimum Gasteiger partial charge on any atom is -0.481 e. The van der Waals surface area contributed by atoms with Crippen molar-refractivity contribution in [3.8, 4) is 0 Å². The number of rotatable bonds is 15. The molecule has 4 amide bonds. The maximum Gasteiger partial charge on any atom is 0.326 e. The van der Waals surface area contributed by atoms with Crippen LogP contribution in [-0.2, 0) is 35.2 Å². The number of aliphatic carboxylic acids is 2. The molecule has 182 valence electrons. The van der Waals surface area contributed by atoms with Gasteiger partial charge in [-0.3, -0.25) is 24.0 Å². The number of nitrogens with zero attached hydrogens (tertiary/aromatic N) is 1. The van der Waals surface area contributed by atoms with Gasteiger partial charge in [0.05, 0.1) is 18.9 Å². The number of H-pyrrole nitrogens is 1. The molecule has 0 aromatic carbocycles. The van der Waals surface area contributed by atoms with Crippen LogP contribution in [0.3, 0.4) is 0 Å². The Kier molecular flexibility index (Phi) is 11.0. The number of amides is 4. The van der Waals surface area contributed by atoms with Crippen LogP contribution in [-0.4, -0.2) is 80.4 Å². The van der Waals surface area contributed by atoms with Crippen molar-refractivity contribution >= 4 is 35.6 Å². The van der Waals surface area contributed by atoms with E-state index < -0.39 is 66.7 Å². The number of nitrogens with one attached hydrogen (secondary N) is 4. The fourth-order valence-corrected chi connectivity index (χ4v) is 2.59. The van der Waals surface area contributed by atoms with Gasteiger partial charge in [-0.2, -0.15) is 0 Å². The lowest BCUT2D eigenvalue weighted by atomic mass is 10.1. The Bertz CT molecular complexity index is 858. The van der Waals surface area contributed by atoms with Crippen LogP contribution < -0.4 is 27.4 Å². The van der Waals surface area contributed by atoms with Crippen molar-refractivity contribution in [3.05, 3.63) is 18.2 Å². The molecular weight excluding hydrogens is 442 g/mol. The summed E-state index contributed by atoms with van der Waals surface area (Å²) in [5.41, 5.74) is 11.2. The number of nitrogens with two attached hydrogens (primary N) is 2. The Morgan fingerprint density at radius 2 is 1.70 bits per heavy atom. The minimum atomic E-state index is -1.45. The smallest absolute Gasteiger partial charge is 0.326 e.